The zero-order valence-corrected chi connectivity index (χ0v) is 11.7. The first kappa shape index (κ1) is 13.7. The summed E-state index contributed by atoms with van der Waals surface area (Å²) in [6.45, 7) is 5.16. The van der Waals surface area contributed by atoms with Crippen LogP contribution < -0.4 is 9.64 Å². The largest absolute Gasteiger partial charge is 0.493 e. The first-order valence-electron chi connectivity index (χ1n) is 6.68. The molecule has 0 amide bonds. The molecule has 4 nitrogen and oxygen atoms in total. The molecule has 0 aromatic heterocycles. The highest BCUT2D eigenvalue weighted by molar-refractivity contribution is 5.71. The Kier molecular flexibility index (Phi) is 3.98. The van der Waals surface area contributed by atoms with Crippen molar-refractivity contribution in [3.8, 4) is 5.75 Å². The van der Waals surface area contributed by atoms with E-state index in [1.165, 1.54) is 5.56 Å². The van der Waals surface area contributed by atoms with Crippen LogP contribution in [0.15, 0.2) is 18.2 Å². The molecule has 104 valence electrons. The van der Waals surface area contributed by atoms with Gasteiger partial charge in [-0.25, -0.2) is 0 Å². The molecule has 1 atom stereocenters. The molecule has 0 fully saturated rings. The molecule has 1 aliphatic rings. The van der Waals surface area contributed by atoms with Crippen molar-refractivity contribution >= 4 is 11.7 Å². The quantitative estimate of drug-likeness (QED) is 0.886. The highest BCUT2D eigenvalue weighted by atomic mass is 16.5. The third-order valence-corrected chi connectivity index (χ3v) is 3.71. The molecule has 2 rings (SSSR count). The van der Waals surface area contributed by atoms with Crippen molar-refractivity contribution in [1.82, 2.24) is 0 Å². The lowest BCUT2D eigenvalue weighted by Gasteiger charge is -2.25. The van der Waals surface area contributed by atoms with Crippen LogP contribution in [0.3, 0.4) is 0 Å². The van der Waals surface area contributed by atoms with Gasteiger partial charge in [-0.05, 0) is 29.7 Å². The molecule has 1 aromatic carbocycles. The Labute approximate surface area is 114 Å². The summed E-state index contributed by atoms with van der Waals surface area (Å²) in [4.78, 5) is 13.3. The van der Waals surface area contributed by atoms with Gasteiger partial charge in [0.05, 0.1) is 12.5 Å². The number of anilines is 1. The van der Waals surface area contributed by atoms with Crippen molar-refractivity contribution in [2.75, 3.05) is 25.1 Å². The number of carboxylic acid groups (broad SMARTS) is 1. The lowest BCUT2D eigenvalue weighted by atomic mass is 9.95. The summed E-state index contributed by atoms with van der Waals surface area (Å²) < 4.78 is 5.48. The monoisotopic (exact) mass is 263 g/mol. The predicted molar refractivity (Wildman–Crippen MR) is 74.9 cm³/mol. The van der Waals surface area contributed by atoms with Gasteiger partial charge in [0.1, 0.15) is 5.75 Å². The molecule has 1 N–H and O–H groups in total. The van der Waals surface area contributed by atoms with Crippen LogP contribution in [0.25, 0.3) is 0 Å². The number of benzene rings is 1. The maximum Gasteiger partial charge on any atom is 0.308 e. The Morgan fingerprint density at radius 3 is 2.84 bits per heavy atom. The van der Waals surface area contributed by atoms with Crippen LogP contribution in [0.5, 0.6) is 5.75 Å². The van der Waals surface area contributed by atoms with Gasteiger partial charge in [0.2, 0.25) is 0 Å². The van der Waals surface area contributed by atoms with E-state index in [2.05, 4.69) is 6.07 Å². The van der Waals surface area contributed by atoms with E-state index >= 15 is 0 Å². The molecular formula is C15H21NO3. The molecule has 0 radical (unpaired) electrons. The van der Waals surface area contributed by atoms with E-state index in [4.69, 9.17) is 4.74 Å². The summed E-state index contributed by atoms with van der Waals surface area (Å²) in [6.07, 6.45) is 0.934. The van der Waals surface area contributed by atoms with Crippen molar-refractivity contribution in [3.63, 3.8) is 0 Å². The van der Waals surface area contributed by atoms with Gasteiger partial charge in [-0.3, -0.25) is 4.79 Å². The van der Waals surface area contributed by atoms with Gasteiger partial charge in [-0.1, -0.05) is 13.8 Å². The Morgan fingerprint density at radius 1 is 1.47 bits per heavy atom. The van der Waals surface area contributed by atoms with E-state index in [0.717, 1.165) is 24.5 Å². The summed E-state index contributed by atoms with van der Waals surface area (Å²) >= 11 is 0. The summed E-state index contributed by atoms with van der Waals surface area (Å²) in [5, 5.41) is 9.25. The van der Waals surface area contributed by atoms with Crippen LogP contribution in [-0.2, 0) is 11.2 Å². The molecule has 1 heterocycles. The minimum atomic E-state index is -0.730. The van der Waals surface area contributed by atoms with E-state index in [-0.39, 0.29) is 11.8 Å². The van der Waals surface area contributed by atoms with Gasteiger partial charge < -0.3 is 14.7 Å². The molecular weight excluding hydrogens is 242 g/mol. The molecule has 0 spiro atoms. The van der Waals surface area contributed by atoms with Gasteiger partial charge in [0, 0.05) is 25.7 Å². The zero-order chi connectivity index (χ0) is 14.0. The number of aliphatic carboxylic acids is 1. The van der Waals surface area contributed by atoms with E-state index < -0.39 is 5.97 Å². The highest BCUT2D eigenvalue weighted by Crippen LogP contribution is 2.29. The van der Waals surface area contributed by atoms with Gasteiger partial charge >= 0.3 is 5.97 Å². The number of nitrogens with zero attached hydrogens (tertiary/aromatic N) is 1. The van der Waals surface area contributed by atoms with Crippen LogP contribution in [0, 0.1) is 11.8 Å². The third kappa shape index (κ3) is 3.00. The van der Waals surface area contributed by atoms with Crippen molar-refractivity contribution in [1.29, 1.82) is 0 Å². The lowest BCUT2D eigenvalue weighted by molar-refractivity contribution is -0.142. The van der Waals surface area contributed by atoms with E-state index in [9.17, 15) is 9.90 Å². The molecule has 0 saturated carbocycles. The summed E-state index contributed by atoms with van der Waals surface area (Å²) in [5.74, 6) is -0.00523. The molecule has 1 aromatic rings. The van der Waals surface area contributed by atoms with Crippen molar-refractivity contribution in [2.45, 2.75) is 20.3 Å². The normalized spacial score (nSPS) is 14.9. The fourth-order valence-corrected chi connectivity index (χ4v) is 2.38. The SMILES string of the molecule is CC(C)C(CN(C)c1ccc2c(c1)CCO2)C(=O)O. The second kappa shape index (κ2) is 5.51. The van der Waals surface area contributed by atoms with Gasteiger partial charge in [-0.15, -0.1) is 0 Å². The minimum Gasteiger partial charge on any atom is -0.493 e. The Hall–Kier alpha value is -1.71. The molecule has 4 heteroatoms. The molecule has 19 heavy (non-hydrogen) atoms. The fraction of sp³-hybridized carbons (Fsp3) is 0.533. The second-order valence-electron chi connectivity index (χ2n) is 5.46. The number of rotatable bonds is 5. The smallest absolute Gasteiger partial charge is 0.308 e. The van der Waals surface area contributed by atoms with Crippen LogP contribution in [0.1, 0.15) is 19.4 Å². The molecule has 0 aliphatic carbocycles. The number of hydrogen-bond acceptors (Lipinski definition) is 3. The first-order valence-corrected chi connectivity index (χ1v) is 6.68. The second-order valence-corrected chi connectivity index (χ2v) is 5.46. The molecule has 1 unspecified atom stereocenters. The summed E-state index contributed by atoms with van der Waals surface area (Å²) in [7, 11) is 1.94. The van der Waals surface area contributed by atoms with Crippen LogP contribution in [-0.4, -0.2) is 31.3 Å². The van der Waals surface area contributed by atoms with Gasteiger partial charge in [0.15, 0.2) is 0 Å². The van der Waals surface area contributed by atoms with Gasteiger partial charge in [0.25, 0.3) is 0 Å². The van der Waals surface area contributed by atoms with Gasteiger partial charge in [-0.2, -0.15) is 0 Å². The Bertz CT molecular complexity index is 470. The fourth-order valence-electron chi connectivity index (χ4n) is 2.38. The predicted octanol–water partition coefficient (Wildman–Crippen LogP) is 2.41. The Balaban J connectivity index is 2.11. The van der Waals surface area contributed by atoms with Crippen molar-refractivity contribution in [2.24, 2.45) is 11.8 Å². The van der Waals surface area contributed by atoms with Crippen LogP contribution in [0.2, 0.25) is 0 Å². The topological polar surface area (TPSA) is 49.8 Å². The average molecular weight is 263 g/mol. The van der Waals surface area contributed by atoms with Crippen LogP contribution >= 0.6 is 0 Å². The van der Waals surface area contributed by atoms with E-state index in [0.29, 0.717) is 6.54 Å². The van der Waals surface area contributed by atoms with Crippen LogP contribution in [0.4, 0.5) is 5.69 Å². The average Bonchev–Trinajstić information content (AvgIpc) is 2.81. The highest BCUT2D eigenvalue weighted by Gasteiger charge is 2.23. The number of ether oxygens (including phenoxy) is 1. The van der Waals surface area contributed by atoms with Crippen molar-refractivity contribution < 1.29 is 14.6 Å². The first-order chi connectivity index (χ1) is 8.99. The summed E-state index contributed by atoms with van der Waals surface area (Å²) in [6, 6.07) is 6.06. The molecule has 0 bridgehead atoms. The third-order valence-electron chi connectivity index (χ3n) is 3.71. The van der Waals surface area contributed by atoms with E-state index in [1.54, 1.807) is 0 Å². The molecule has 0 saturated heterocycles. The minimum absolute atomic E-state index is 0.123. The maximum absolute atomic E-state index is 11.2. The number of carboxylic acids is 1. The standard InChI is InChI=1S/C15H21NO3/c1-10(2)13(15(17)18)9-16(3)12-4-5-14-11(8-12)6-7-19-14/h4-5,8,10,13H,6-7,9H2,1-3H3,(H,17,18). The zero-order valence-electron chi connectivity index (χ0n) is 11.7. The summed E-state index contributed by atoms with van der Waals surface area (Å²) in [5.41, 5.74) is 2.26. The number of carbonyl (C=O) groups is 1. The number of fused-ring (bicyclic) bond motifs is 1. The Morgan fingerprint density at radius 2 is 2.21 bits per heavy atom. The lowest BCUT2D eigenvalue weighted by Crippen LogP contribution is -2.33. The molecule has 1 aliphatic heterocycles. The maximum atomic E-state index is 11.2. The number of hydrogen-bond donors (Lipinski definition) is 1. The van der Waals surface area contributed by atoms with Crippen molar-refractivity contribution in [3.05, 3.63) is 23.8 Å². The van der Waals surface area contributed by atoms with E-state index in [1.807, 2.05) is 37.9 Å².